The van der Waals surface area contributed by atoms with E-state index in [2.05, 4.69) is 9.84 Å². The number of hydrogen-bond acceptors (Lipinski definition) is 3. The molecule has 0 spiro atoms. The lowest BCUT2D eigenvalue weighted by Crippen LogP contribution is -2.54. The van der Waals surface area contributed by atoms with Crippen molar-refractivity contribution in [1.29, 1.82) is 0 Å². The Balaban J connectivity index is 2.25. The second kappa shape index (κ2) is 8.19. The second-order valence-corrected chi connectivity index (χ2v) is 7.11. The number of nitrogens with zero attached hydrogens (tertiary/aromatic N) is 2. The summed E-state index contributed by atoms with van der Waals surface area (Å²) in [5.41, 5.74) is -0.850. The third-order valence-corrected chi connectivity index (χ3v) is 4.55. The van der Waals surface area contributed by atoms with E-state index in [1.807, 2.05) is 0 Å². The normalized spacial score (nSPS) is 13.6. The van der Waals surface area contributed by atoms with Gasteiger partial charge in [-0.3, -0.25) is 0 Å². The lowest BCUT2D eigenvalue weighted by atomic mass is 10.2. The van der Waals surface area contributed by atoms with Gasteiger partial charge in [0, 0.05) is 4.90 Å². The minimum atomic E-state index is -6.49. The van der Waals surface area contributed by atoms with Crippen LogP contribution in [0.1, 0.15) is 12.5 Å². The van der Waals surface area contributed by atoms with Crippen molar-refractivity contribution in [3.05, 3.63) is 36.2 Å². The van der Waals surface area contributed by atoms with Crippen LogP contribution in [0.3, 0.4) is 0 Å². The fourth-order valence-electron chi connectivity index (χ4n) is 2.14. The van der Waals surface area contributed by atoms with Crippen molar-refractivity contribution in [2.24, 2.45) is 0 Å². The summed E-state index contributed by atoms with van der Waals surface area (Å²) in [7, 11) is 0. The number of halogens is 10. The fourth-order valence-corrected chi connectivity index (χ4v) is 2.97. The number of benzene rings is 1. The zero-order chi connectivity index (χ0) is 23.0. The number of ether oxygens (including phenoxy) is 1. The Morgan fingerprint density at radius 1 is 1.00 bits per heavy atom. The summed E-state index contributed by atoms with van der Waals surface area (Å²) in [4.78, 5) is 0.121. The molecule has 3 nitrogen and oxygen atoms in total. The Hall–Kier alpha value is -2.12. The van der Waals surface area contributed by atoms with Gasteiger partial charge in [0.05, 0.1) is 23.6 Å². The largest absolute Gasteiger partial charge is 0.484 e. The zero-order valence-corrected chi connectivity index (χ0v) is 15.6. The molecule has 0 fully saturated rings. The smallest absolute Gasteiger partial charge is 0.460 e. The molecule has 0 saturated carbocycles. The highest BCUT2D eigenvalue weighted by Crippen LogP contribution is 2.46. The highest BCUT2D eigenvalue weighted by molar-refractivity contribution is 7.99. The van der Waals surface area contributed by atoms with Crippen LogP contribution in [-0.2, 0) is 6.18 Å². The van der Waals surface area contributed by atoms with E-state index in [1.165, 1.54) is 0 Å². The van der Waals surface area contributed by atoms with Crippen molar-refractivity contribution >= 4 is 11.8 Å². The van der Waals surface area contributed by atoms with Gasteiger partial charge >= 0.3 is 24.2 Å². The summed E-state index contributed by atoms with van der Waals surface area (Å²) in [6, 6.07) is 2.63. The van der Waals surface area contributed by atoms with Crippen molar-refractivity contribution in [2.75, 3.05) is 12.4 Å². The number of thioether (sulfide) groups is 1. The molecule has 0 N–H and O–H groups in total. The third-order valence-electron chi connectivity index (χ3n) is 3.63. The van der Waals surface area contributed by atoms with Crippen LogP contribution in [0.5, 0.6) is 5.75 Å². The maximum atomic E-state index is 13.3. The molecule has 0 atom stereocenters. The van der Waals surface area contributed by atoms with Gasteiger partial charge in [-0.2, -0.15) is 49.0 Å². The highest BCUT2D eigenvalue weighted by atomic mass is 32.2. The van der Waals surface area contributed by atoms with Gasteiger partial charge in [0.2, 0.25) is 0 Å². The molecule has 0 aliphatic rings. The summed E-state index contributed by atoms with van der Waals surface area (Å²) in [6.07, 6.45) is -9.49. The van der Waals surface area contributed by atoms with Crippen LogP contribution in [0.4, 0.5) is 43.9 Å². The molecule has 0 bridgehead atoms. The van der Waals surface area contributed by atoms with Crippen LogP contribution in [0, 0.1) is 0 Å². The number of alkyl halides is 10. The van der Waals surface area contributed by atoms with Crippen LogP contribution in [-0.4, -0.2) is 40.2 Å². The fraction of sp³-hybridized carbons (Fsp3) is 0.438. The molecule has 0 saturated heterocycles. The summed E-state index contributed by atoms with van der Waals surface area (Å²) in [5, 5.41) is 3.68. The first-order valence-corrected chi connectivity index (χ1v) is 8.93. The lowest BCUT2D eigenvalue weighted by molar-refractivity contribution is -0.358. The monoisotopic (exact) mass is 470 g/mol. The number of hydrogen-bond donors (Lipinski definition) is 0. The number of aromatic nitrogens is 2. The van der Waals surface area contributed by atoms with Crippen LogP contribution >= 0.6 is 11.8 Å². The molecule has 0 amide bonds. The van der Waals surface area contributed by atoms with Gasteiger partial charge < -0.3 is 4.74 Å². The Labute approximate surface area is 167 Å². The molecule has 30 heavy (non-hydrogen) atoms. The summed E-state index contributed by atoms with van der Waals surface area (Å²) in [5.74, 6) is -12.1. The van der Waals surface area contributed by atoms with Gasteiger partial charge in [-0.15, -0.1) is 11.8 Å². The molecule has 1 aromatic carbocycles. The van der Waals surface area contributed by atoms with Crippen molar-refractivity contribution in [2.45, 2.75) is 36.0 Å². The molecule has 1 aromatic heterocycles. The molecule has 0 radical (unpaired) electrons. The molecule has 168 valence electrons. The van der Waals surface area contributed by atoms with E-state index in [0.29, 0.717) is 5.75 Å². The molecule has 0 aliphatic heterocycles. The van der Waals surface area contributed by atoms with Crippen molar-refractivity contribution in [3.8, 4) is 11.4 Å². The predicted octanol–water partition coefficient (Wildman–Crippen LogP) is 6.21. The Bertz CT molecular complexity index is 876. The van der Waals surface area contributed by atoms with Gasteiger partial charge in [-0.25, -0.2) is 4.68 Å². The van der Waals surface area contributed by atoms with E-state index in [-0.39, 0.29) is 10.6 Å². The molecule has 14 heteroatoms. The number of rotatable bonds is 7. The van der Waals surface area contributed by atoms with E-state index < -0.39 is 42.1 Å². The maximum absolute atomic E-state index is 13.3. The van der Waals surface area contributed by atoms with Crippen molar-refractivity contribution in [3.63, 3.8) is 0 Å². The molecular weight excluding hydrogens is 458 g/mol. The van der Waals surface area contributed by atoms with Crippen molar-refractivity contribution < 1.29 is 48.6 Å². The molecule has 2 aromatic rings. The molecule has 2 rings (SSSR count). The first kappa shape index (κ1) is 24.2. The lowest BCUT2D eigenvalue weighted by Gasteiger charge is -2.27. The highest BCUT2D eigenvalue weighted by Gasteiger charge is 2.73. The molecule has 0 aliphatic carbocycles. The van der Waals surface area contributed by atoms with E-state index in [1.54, 1.807) is 6.92 Å². The van der Waals surface area contributed by atoms with Crippen LogP contribution in [0.25, 0.3) is 5.69 Å². The van der Waals surface area contributed by atoms with Crippen LogP contribution < -0.4 is 4.74 Å². The summed E-state index contributed by atoms with van der Waals surface area (Å²) >= 11 is 1.01. The standard InChI is InChI=1S/C16H12F10N2OS/c1-2-30-12-5-9(14(19,20)21)3-4-11(12)28-7-10(6-27-28)29-8-13(17,18)15(22,23)16(24,25)26/h3-7H,2,8H2,1H3. The Morgan fingerprint density at radius 2 is 1.63 bits per heavy atom. The van der Waals surface area contributed by atoms with Gasteiger partial charge in [0.25, 0.3) is 0 Å². The molecular formula is C16H12F10N2OS. The van der Waals surface area contributed by atoms with Gasteiger partial charge in [0.1, 0.15) is 0 Å². The third kappa shape index (κ3) is 4.95. The molecule has 0 unspecified atom stereocenters. The molecule has 1 heterocycles. The van der Waals surface area contributed by atoms with Crippen molar-refractivity contribution in [1.82, 2.24) is 9.78 Å². The quantitative estimate of drug-likeness (QED) is 0.356. The minimum Gasteiger partial charge on any atom is -0.484 e. The second-order valence-electron chi connectivity index (χ2n) is 5.80. The van der Waals surface area contributed by atoms with Gasteiger partial charge in [0.15, 0.2) is 12.4 Å². The minimum absolute atomic E-state index is 0.0945. The Kier molecular flexibility index (Phi) is 6.60. The average Bonchev–Trinajstić information content (AvgIpc) is 3.07. The first-order chi connectivity index (χ1) is 13.6. The summed E-state index contributed by atoms with van der Waals surface area (Å²) < 4.78 is 133. The van der Waals surface area contributed by atoms with E-state index >= 15 is 0 Å². The van der Waals surface area contributed by atoms with E-state index in [4.69, 9.17) is 0 Å². The SMILES string of the molecule is CCSc1cc(C(F)(F)F)ccc1-n1cc(OCC(F)(F)C(F)(F)C(F)(F)F)cn1. The maximum Gasteiger partial charge on any atom is 0.460 e. The van der Waals surface area contributed by atoms with Gasteiger partial charge in [-0.1, -0.05) is 6.92 Å². The van der Waals surface area contributed by atoms with Crippen LogP contribution in [0.15, 0.2) is 35.5 Å². The van der Waals surface area contributed by atoms with Crippen LogP contribution in [0.2, 0.25) is 0 Å². The predicted molar refractivity (Wildman–Crippen MR) is 86.4 cm³/mol. The van der Waals surface area contributed by atoms with E-state index in [9.17, 15) is 43.9 Å². The Morgan fingerprint density at radius 3 is 2.17 bits per heavy atom. The topological polar surface area (TPSA) is 27.1 Å². The van der Waals surface area contributed by atoms with Gasteiger partial charge in [-0.05, 0) is 24.0 Å². The summed E-state index contributed by atoms with van der Waals surface area (Å²) in [6.45, 7) is -0.635. The van der Waals surface area contributed by atoms with E-state index in [0.717, 1.165) is 47.0 Å². The average molecular weight is 470 g/mol. The zero-order valence-electron chi connectivity index (χ0n) is 14.8. The first-order valence-electron chi connectivity index (χ1n) is 7.94.